The molecule has 0 aliphatic carbocycles. The highest BCUT2D eigenvalue weighted by molar-refractivity contribution is 5.28. The molecule has 1 saturated heterocycles. The number of piperidine rings is 1. The number of nitrogens with zero attached hydrogens (tertiary/aromatic N) is 1. The molecule has 4 heteroatoms. The van der Waals surface area contributed by atoms with Gasteiger partial charge in [-0.1, -0.05) is 19.1 Å². The van der Waals surface area contributed by atoms with E-state index >= 15 is 0 Å². The number of hydrogen-bond acceptors (Lipinski definition) is 4. The first-order valence-electron chi connectivity index (χ1n) is 8.07. The molecule has 2 rings (SSSR count). The van der Waals surface area contributed by atoms with E-state index in [1.54, 1.807) is 0 Å². The van der Waals surface area contributed by atoms with Gasteiger partial charge in [0.05, 0.1) is 6.10 Å². The lowest BCUT2D eigenvalue weighted by Gasteiger charge is -2.32. The Morgan fingerprint density at radius 2 is 2.24 bits per heavy atom. The second-order valence-corrected chi connectivity index (χ2v) is 5.64. The van der Waals surface area contributed by atoms with Crippen LogP contribution in [0.3, 0.4) is 0 Å². The second kappa shape index (κ2) is 9.03. The number of likely N-dealkylation sites (tertiary alicyclic amines) is 1. The van der Waals surface area contributed by atoms with Crippen LogP contribution in [0.15, 0.2) is 24.3 Å². The third-order valence-electron chi connectivity index (χ3n) is 3.83. The Bertz CT molecular complexity index is 412. The van der Waals surface area contributed by atoms with Gasteiger partial charge < -0.3 is 15.2 Å². The fraction of sp³-hybridized carbons (Fsp3) is 0.647. The fourth-order valence-electron chi connectivity index (χ4n) is 2.69. The van der Waals surface area contributed by atoms with Gasteiger partial charge in [0.15, 0.2) is 0 Å². The molecule has 0 aromatic heterocycles. The Kier molecular flexibility index (Phi) is 7.00. The van der Waals surface area contributed by atoms with Gasteiger partial charge in [0, 0.05) is 26.2 Å². The highest BCUT2D eigenvalue weighted by atomic mass is 16.5. The monoisotopic (exact) mass is 292 g/mol. The van der Waals surface area contributed by atoms with Crippen molar-refractivity contribution in [1.82, 2.24) is 4.90 Å². The van der Waals surface area contributed by atoms with Crippen LogP contribution in [0, 0.1) is 0 Å². The third kappa shape index (κ3) is 5.65. The van der Waals surface area contributed by atoms with Crippen LogP contribution < -0.4 is 10.5 Å². The SMILES string of the molecule is CCCOC1CCCN(CCOc2cccc(CN)c2)C1. The Morgan fingerprint density at radius 3 is 3.05 bits per heavy atom. The second-order valence-electron chi connectivity index (χ2n) is 5.64. The minimum absolute atomic E-state index is 0.402. The van der Waals surface area contributed by atoms with Gasteiger partial charge in [-0.15, -0.1) is 0 Å². The summed E-state index contributed by atoms with van der Waals surface area (Å²) in [6.07, 6.45) is 3.91. The summed E-state index contributed by atoms with van der Waals surface area (Å²) in [4.78, 5) is 2.44. The maximum Gasteiger partial charge on any atom is 0.119 e. The van der Waals surface area contributed by atoms with Gasteiger partial charge in [-0.05, 0) is 43.5 Å². The van der Waals surface area contributed by atoms with Crippen LogP contribution in [0.4, 0.5) is 0 Å². The quantitative estimate of drug-likeness (QED) is 0.799. The topological polar surface area (TPSA) is 47.7 Å². The van der Waals surface area contributed by atoms with Crippen molar-refractivity contribution in [2.45, 2.75) is 38.8 Å². The van der Waals surface area contributed by atoms with Crippen molar-refractivity contribution in [1.29, 1.82) is 0 Å². The minimum Gasteiger partial charge on any atom is -0.492 e. The van der Waals surface area contributed by atoms with Gasteiger partial charge in [0.25, 0.3) is 0 Å². The molecular formula is C17H28N2O2. The van der Waals surface area contributed by atoms with E-state index in [1.807, 2.05) is 24.3 Å². The normalized spacial score (nSPS) is 19.6. The molecule has 0 saturated carbocycles. The lowest BCUT2D eigenvalue weighted by Crippen LogP contribution is -2.41. The van der Waals surface area contributed by atoms with E-state index in [4.69, 9.17) is 15.2 Å². The molecule has 1 fully saturated rings. The van der Waals surface area contributed by atoms with Crippen molar-refractivity contribution in [3.05, 3.63) is 29.8 Å². The van der Waals surface area contributed by atoms with Crippen LogP contribution >= 0.6 is 0 Å². The Hall–Kier alpha value is -1.10. The number of benzene rings is 1. The molecule has 1 aliphatic heterocycles. The average molecular weight is 292 g/mol. The zero-order valence-corrected chi connectivity index (χ0v) is 13.1. The van der Waals surface area contributed by atoms with Gasteiger partial charge in [-0.2, -0.15) is 0 Å². The molecule has 1 aliphatic rings. The summed E-state index contributed by atoms with van der Waals surface area (Å²) in [6.45, 7) is 7.45. The van der Waals surface area contributed by atoms with Crippen LogP contribution in [0.1, 0.15) is 31.7 Å². The van der Waals surface area contributed by atoms with Gasteiger partial charge >= 0.3 is 0 Å². The highest BCUT2D eigenvalue weighted by Crippen LogP contribution is 2.15. The van der Waals surface area contributed by atoms with Crippen LogP contribution in [0.2, 0.25) is 0 Å². The Labute approximate surface area is 128 Å². The molecule has 1 heterocycles. The minimum atomic E-state index is 0.402. The van der Waals surface area contributed by atoms with E-state index < -0.39 is 0 Å². The van der Waals surface area contributed by atoms with Gasteiger partial charge in [-0.25, -0.2) is 0 Å². The van der Waals surface area contributed by atoms with Crippen molar-refractivity contribution in [3.8, 4) is 5.75 Å². The number of rotatable bonds is 8. The summed E-state index contributed by atoms with van der Waals surface area (Å²) in [7, 11) is 0. The van der Waals surface area contributed by atoms with Gasteiger partial charge in [0.2, 0.25) is 0 Å². The number of ether oxygens (including phenoxy) is 2. The van der Waals surface area contributed by atoms with E-state index in [2.05, 4.69) is 11.8 Å². The molecule has 2 N–H and O–H groups in total. The standard InChI is InChI=1S/C17H28N2O2/c1-2-10-20-17-7-4-8-19(14-17)9-11-21-16-6-3-5-15(12-16)13-18/h3,5-6,12,17H,2,4,7-11,13-14,18H2,1H3. The van der Waals surface area contributed by atoms with E-state index in [0.29, 0.717) is 19.3 Å². The number of hydrogen-bond donors (Lipinski definition) is 1. The van der Waals surface area contributed by atoms with Gasteiger partial charge in [0.1, 0.15) is 12.4 Å². The van der Waals surface area contributed by atoms with Crippen molar-refractivity contribution >= 4 is 0 Å². The molecule has 0 amide bonds. The largest absolute Gasteiger partial charge is 0.492 e. The molecule has 1 atom stereocenters. The molecule has 0 spiro atoms. The first kappa shape index (κ1) is 16.3. The molecule has 0 bridgehead atoms. The van der Waals surface area contributed by atoms with E-state index in [1.165, 1.54) is 12.8 Å². The molecule has 0 radical (unpaired) electrons. The molecule has 4 nitrogen and oxygen atoms in total. The summed E-state index contributed by atoms with van der Waals surface area (Å²) >= 11 is 0. The Morgan fingerprint density at radius 1 is 1.33 bits per heavy atom. The summed E-state index contributed by atoms with van der Waals surface area (Å²) in [5.41, 5.74) is 6.75. The molecule has 1 unspecified atom stereocenters. The smallest absolute Gasteiger partial charge is 0.119 e. The van der Waals surface area contributed by atoms with Crippen molar-refractivity contribution in [3.63, 3.8) is 0 Å². The van der Waals surface area contributed by atoms with Crippen LogP contribution in [-0.2, 0) is 11.3 Å². The summed E-state index contributed by atoms with van der Waals surface area (Å²) in [5.74, 6) is 0.911. The Balaban J connectivity index is 1.70. The van der Waals surface area contributed by atoms with Gasteiger partial charge in [-0.3, -0.25) is 4.90 Å². The molecule has 1 aromatic carbocycles. The highest BCUT2D eigenvalue weighted by Gasteiger charge is 2.19. The molecule has 1 aromatic rings. The fourth-order valence-corrected chi connectivity index (χ4v) is 2.69. The predicted octanol–water partition coefficient (Wildman–Crippen LogP) is 2.42. The first-order chi connectivity index (χ1) is 10.3. The van der Waals surface area contributed by atoms with E-state index in [9.17, 15) is 0 Å². The molecule has 118 valence electrons. The van der Waals surface area contributed by atoms with Crippen molar-refractivity contribution < 1.29 is 9.47 Å². The van der Waals surface area contributed by atoms with Crippen LogP contribution in [0.25, 0.3) is 0 Å². The van der Waals surface area contributed by atoms with Crippen LogP contribution in [-0.4, -0.2) is 43.9 Å². The maximum absolute atomic E-state index is 5.86. The lowest BCUT2D eigenvalue weighted by atomic mass is 10.1. The third-order valence-corrected chi connectivity index (χ3v) is 3.83. The predicted molar refractivity (Wildman–Crippen MR) is 85.5 cm³/mol. The zero-order chi connectivity index (χ0) is 14.9. The van der Waals surface area contributed by atoms with E-state index in [0.717, 1.165) is 44.0 Å². The van der Waals surface area contributed by atoms with Crippen molar-refractivity contribution in [2.75, 3.05) is 32.8 Å². The first-order valence-corrected chi connectivity index (χ1v) is 8.07. The molecular weight excluding hydrogens is 264 g/mol. The average Bonchev–Trinajstić information content (AvgIpc) is 2.53. The lowest BCUT2D eigenvalue weighted by molar-refractivity contribution is -0.00268. The zero-order valence-electron chi connectivity index (χ0n) is 13.1. The van der Waals surface area contributed by atoms with Crippen molar-refractivity contribution in [2.24, 2.45) is 5.73 Å². The van der Waals surface area contributed by atoms with Crippen LogP contribution in [0.5, 0.6) is 5.75 Å². The maximum atomic E-state index is 5.86. The summed E-state index contributed by atoms with van der Waals surface area (Å²) in [5, 5.41) is 0. The summed E-state index contributed by atoms with van der Waals surface area (Å²) in [6, 6.07) is 8.02. The molecule has 21 heavy (non-hydrogen) atoms. The van der Waals surface area contributed by atoms with E-state index in [-0.39, 0.29) is 0 Å². The number of nitrogens with two attached hydrogens (primary N) is 1. The summed E-state index contributed by atoms with van der Waals surface area (Å²) < 4.78 is 11.7.